The highest BCUT2D eigenvalue weighted by molar-refractivity contribution is 6.25. The number of hydrogen-bond acceptors (Lipinski definition) is 7. The van der Waals surface area contributed by atoms with Crippen LogP contribution in [0.1, 0.15) is 31.8 Å². The Bertz CT molecular complexity index is 1010. The zero-order chi connectivity index (χ0) is 20.4. The summed E-state index contributed by atoms with van der Waals surface area (Å²) in [7, 11) is 0. The monoisotopic (exact) mass is 389 g/mol. The van der Waals surface area contributed by atoms with Crippen LogP contribution in [0.25, 0.3) is 0 Å². The summed E-state index contributed by atoms with van der Waals surface area (Å²) in [5, 5.41) is 12.8. The first-order valence-corrected chi connectivity index (χ1v) is 9.11. The smallest absolute Gasteiger partial charge is 0.268 e. The number of phenolic OH excluding ortho intramolecular Hbond substituents is 1. The third-order valence-electron chi connectivity index (χ3n) is 4.77. The number of carbonyl (C=O) groups excluding carboxylic acids is 2. The first-order valence-electron chi connectivity index (χ1n) is 9.11. The molecule has 8 nitrogen and oxygen atoms in total. The highest BCUT2D eigenvalue weighted by Crippen LogP contribution is 2.25. The molecule has 2 amide bonds. The van der Waals surface area contributed by atoms with Crippen LogP contribution in [0.3, 0.4) is 0 Å². The Morgan fingerprint density at radius 2 is 1.66 bits per heavy atom. The maximum Gasteiger partial charge on any atom is 0.268 e. The molecule has 3 aromatic rings. The van der Waals surface area contributed by atoms with Gasteiger partial charge in [0.05, 0.1) is 11.3 Å². The van der Waals surface area contributed by atoms with Crippen LogP contribution >= 0.6 is 0 Å². The van der Waals surface area contributed by atoms with Gasteiger partial charge in [-0.05, 0) is 60.5 Å². The van der Waals surface area contributed by atoms with E-state index in [2.05, 4.69) is 15.3 Å². The van der Waals surface area contributed by atoms with Gasteiger partial charge in [0, 0.05) is 24.5 Å². The summed E-state index contributed by atoms with van der Waals surface area (Å²) >= 11 is 0. The second kappa shape index (κ2) is 7.69. The largest absolute Gasteiger partial charge is 0.508 e. The lowest BCUT2D eigenvalue weighted by Crippen LogP contribution is -2.37. The van der Waals surface area contributed by atoms with Crippen LogP contribution in [0, 0.1) is 0 Å². The number of nitrogen functional groups attached to an aromatic ring is 1. The molecule has 0 radical (unpaired) electrons. The van der Waals surface area contributed by atoms with Gasteiger partial charge in [0.1, 0.15) is 5.75 Å². The number of aromatic hydroxyl groups is 1. The number of rotatable bonds is 3. The Hall–Kier alpha value is -3.78. The van der Waals surface area contributed by atoms with Gasteiger partial charge in [0.15, 0.2) is 0 Å². The predicted octanol–water partition coefficient (Wildman–Crippen LogP) is 1.90. The molecule has 1 aliphatic rings. The lowest BCUT2D eigenvalue weighted by atomic mass is 9.99. The van der Waals surface area contributed by atoms with E-state index in [0.717, 1.165) is 23.4 Å². The number of fused-ring (bicyclic) bond motifs is 1. The minimum absolute atomic E-state index is 0.0335. The summed E-state index contributed by atoms with van der Waals surface area (Å²) in [5.41, 5.74) is 8.60. The molecule has 1 aliphatic heterocycles. The molecule has 0 fully saturated rings. The minimum atomic E-state index is -0.563. The van der Waals surface area contributed by atoms with Crippen molar-refractivity contribution < 1.29 is 14.7 Å². The number of phenols is 1. The molecule has 0 bridgehead atoms. The molecule has 4 N–H and O–H groups in total. The molecular formula is C21H19N5O3. The normalized spacial score (nSPS) is 12.8. The molecule has 1 aromatic heterocycles. The summed E-state index contributed by atoms with van der Waals surface area (Å²) in [4.78, 5) is 35.3. The van der Waals surface area contributed by atoms with Crippen LogP contribution in [0.5, 0.6) is 5.75 Å². The zero-order valence-electron chi connectivity index (χ0n) is 15.5. The topological polar surface area (TPSA) is 121 Å². The summed E-state index contributed by atoms with van der Waals surface area (Å²) < 4.78 is 0. The Morgan fingerprint density at radius 1 is 0.966 bits per heavy atom. The molecule has 0 spiro atoms. The molecular weight excluding hydrogens is 370 g/mol. The van der Waals surface area contributed by atoms with Crippen molar-refractivity contribution in [1.82, 2.24) is 15.3 Å². The molecule has 8 heteroatoms. The molecule has 0 saturated heterocycles. The first kappa shape index (κ1) is 18.6. The van der Waals surface area contributed by atoms with Crippen molar-refractivity contribution in [3.05, 3.63) is 77.1 Å². The first-order chi connectivity index (χ1) is 14.0. The Labute approximate surface area is 167 Å². The summed E-state index contributed by atoms with van der Waals surface area (Å²) in [6.45, 7) is 1.56. The van der Waals surface area contributed by atoms with Gasteiger partial charge in [-0.15, -0.1) is 0 Å². The number of aromatic nitrogens is 2. The fourth-order valence-corrected chi connectivity index (χ4v) is 3.24. The second-order valence-corrected chi connectivity index (χ2v) is 6.70. The van der Waals surface area contributed by atoms with Gasteiger partial charge in [0.25, 0.3) is 11.8 Å². The Kier molecular flexibility index (Phi) is 4.92. The second-order valence-electron chi connectivity index (χ2n) is 6.70. The zero-order valence-corrected chi connectivity index (χ0v) is 15.5. The van der Waals surface area contributed by atoms with E-state index in [4.69, 9.17) is 5.73 Å². The lowest BCUT2D eigenvalue weighted by molar-refractivity contribution is 0.0897. The van der Waals surface area contributed by atoms with E-state index < -0.39 is 11.8 Å². The van der Waals surface area contributed by atoms with Crippen LogP contribution in [0.2, 0.25) is 0 Å². The average molecular weight is 389 g/mol. The van der Waals surface area contributed by atoms with Gasteiger partial charge in [0.2, 0.25) is 5.95 Å². The average Bonchev–Trinajstić information content (AvgIpc) is 2.74. The third-order valence-corrected chi connectivity index (χ3v) is 4.77. The number of nitrogens with zero attached hydrogens (tertiary/aromatic N) is 3. The van der Waals surface area contributed by atoms with Crippen LogP contribution in [-0.2, 0) is 13.0 Å². The number of nitrogens with two attached hydrogens (primary N) is 1. The van der Waals surface area contributed by atoms with Gasteiger partial charge in [-0.3, -0.25) is 9.59 Å². The van der Waals surface area contributed by atoms with Crippen molar-refractivity contribution in [1.29, 1.82) is 0 Å². The number of amides is 2. The quantitative estimate of drug-likeness (QED) is 0.585. The van der Waals surface area contributed by atoms with Crippen LogP contribution in [0.15, 0.2) is 54.9 Å². The fourth-order valence-electron chi connectivity index (χ4n) is 3.24. The molecule has 2 heterocycles. The Balaban J connectivity index is 1.78. The maximum absolute atomic E-state index is 13.2. The number of hydrogen-bond donors (Lipinski definition) is 3. The van der Waals surface area contributed by atoms with E-state index in [1.54, 1.807) is 6.07 Å². The number of carbonyl (C=O) groups is 2. The molecule has 0 saturated carbocycles. The lowest BCUT2D eigenvalue weighted by Gasteiger charge is -2.24. The number of nitrogens with one attached hydrogen (secondary N) is 1. The Morgan fingerprint density at radius 3 is 2.38 bits per heavy atom. The maximum atomic E-state index is 13.2. The predicted molar refractivity (Wildman–Crippen MR) is 108 cm³/mol. The van der Waals surface area contributed by atoms with Gasteiger partial charge >= 0.3 is 0 Å². The van der Waals surface area contributed by atoms with Crippen molar-refractivity contribution >= 4 is 23.5 Å². The van der Waals surface area contributed by atoms with E-state index in [9.17, 15) is 14.7 Å². The van der Waals surface area contributed by atoms with Crippen molar-refractivity contribution in [2.75, 3.05) is 17.2 Å². The van der Waals surface area contributed by atoms with Gasteiger partial charge in [-0.1, -0.05) is 6.07 Å². The third kappa shape index (κ3) is 3.78. The fraction of sp³-hybridized carbons (Fsp3) is 0.143. The summed E-state index contributed by atoms with van der Waals surface area (Å²) in [6, 6.07) is 11.3. The van der Waals surface area contributed by atoms with Crippen LogP contribution in [-0.4, -0.2) is 33.4 Å². The van der Waals surface area contributed by atoms with Gasteiger partial charge in [-0.25, -0.2) is 14.9 Å². The van der Waals surface area contributed by atoms with Crippen molar-refractivity contribution in [2.45, 2.75) is 13.0 Å². The van der Waals surface area contributed by atoms with Crippen LogP contribution < -0.4 is 16.0 Å². The molecule has 2 aromatic carbocycles. The van der Waals surface area contributed by atoms with E-state index in [-0.39, 0.29) is 22.8 Å². The minimum Gasteiger partial charge on any atom is -0.508 e. The highest BCUT2D eigenvalue weighted by atomic mass is 16.3. The molecule has 0 unspecified atom stereocenters. The number of anilines is 2. The summed E-state index contributed by atoms with van der Waals surface area (Å²) in [5.74, 6) is -1.01. The number of benzene rings is 2. The van der Waals surface area contributed by atoms with Crippen molar-refractivity contribution in [2.24, 2.45) is 0 Å². The summed E-state index contributed by atoms with van der Waals surface area (Å²) in [6.07, 6.45) is 3.48. The molecule has 0 aliphatic carbocycles. The number of imide groups is 1. The molecule has 0 atom stereocenters. The van der Waals surface area contributed by atoms with E-state index in [0.29, 0.717) is 12.2 Å². The van der Waals surface area contributed by atoms with E-state index >= 15 is 0 Å². The molecule has 4 rings (SSSR count). The van der Waals surface area contributed by atoms with Crippen LogP contribution in [0.4, 0.5) is 11.6 Å². The molecule has 146 valence electrons. The van der Waals surface area contributed by atoms with Gasteiger partial charge in [-0.2, -0.15) is 0 Å². The van der Waals surface area contributed by atoms with Gasteiger partial charge < -0.3 is 16.2 Å². The van der Waals surface area contributed by atoms with E-state index in [1.807, 2.05) is 12.1 Å². The molecule has 29 heavy (non-hydrogen) atoms. The van der Waals surface area contributed by atoms with Crippen molar-refractivity contribution in [3.63, 3.8) is 0 Å². The highest BCUT2D eigenvalue weighted by Gasteiger charge is 2.27. The SMILES string of the molecule is Nc1ncc(C(=O)N(C(=O)c2ccc(O)cc2)c2ccc3c(c2)CNCC3)cn1. The standard InChI is InChI=1S/C21H19N5O3/c22-21-24-11-16(12-25-21)20(29)26(19(28)14-2-5-18(27)6-3-14)17-4-1-13-7-8-23-10-15(13)9-17/h1-6,9,11-12,23,27H,7-8,10H2,(H2,22,24,25). The van der Waals surface area contributed by atoms with E-state index in [1.165, 1.54) is 42.2 Å². The van der Waals surface area contributed by atoms with Crippen molar-refractivity contribution in [3.8, 4) is 5.75 Å².